The minimum atomic E-state index is -4.80. The lowest BCUT2D eigenvalue weighted by Crippen LogP contribution is -2.40. The highest BCUT2D eigenvalue weighted by Crippen LogP contribution is 2.39. The van der Waals surface area contributed by atoms with E-state index >= 15 is 0 Å². The number of benzene rings is 1. The van der Waals surface area contributed by atoms with Crippen molar-refractivity contribution in [1.82, 2.24) is 0 Å². The molecule has 0 saturated heterocycles. The SMILES string of the molecule is O=C(O)C1=Cc2cc(Cl)c(I)cc2O[C@@H]1C(F)(F)F. The molecule has 0 aliphatic carbocycles. The molecular formula is C11H5ClF3IO3. The highest BCUT2D eigenvalue weighted by atomic mass is 127. The lowest BCUT2D eigenvalue weighted by atomic mass is 10.0. The van der Waals surface area contributed by atoms with Crippen LogP contribution in [0.15, 0.2) is 17.7 Å². The van der Waals surface area contributed by atoms with Crippen molar-refractivity contribution in [2.75, 3.05) is 0 Å². The van der Waals surface area contributed by atoms with Crippen LogP contribution in [0.3, 0.4) is 0 Å². The second-order valence-corrected chi connectivity index (χ2v) is 5.32. The van der Waals surface area contributed by atoms with E-state index in [0.717, 1.165) is 6.08 Å². The molecule has 0 spiro atoms. The van der Waals surface area contributed by atoms with E-state index in [4.69, 9.17) is 21.4 Å². The molecule has 0 saturated carbocycles. The number of halogens is 5. The van der Waals surface area contributed by atoms with Crippen LogP contribution in [0.5, 0.6) is 5.75 Å². The smallest absolute Gasteiger partial charge is 0.430 e. The van der Waals surface area contributed by atoms with Crippen LogP contribution in [-0.4, -0.2) is 23.4 Å². The summed E-state index contributed by atoms with van der Waals surface area (Å²) in [5, 5.41) is 9.15. The summed E-state index contributed by atoms with van der Waals surface area (Å²) < 4.78 is 43.6. The van der Waals surface area contributed by atoms with Crippen molar-refractivity contribution >= 4 is 46.2 Å². The van der Waals surface area contributed by atoms with Gasteiger partial charge >= 0.3 is 12.1 Å². The summed E-state index contributed by atoms with van der Waals surface area (Å²) in [5.41, 5.74) is -0.652. The van der Waals surface area contributed by atoms with Crippen molar-refractivity contribution in [3.63, 3.8) is 0 Å². The van der Waals surface area contributed by atoms with Gasteiger partial charge in [-0.1, -0.05) is 11.6 Å². The zero-order valence-corrected chi connectivity index (χ0v) is 11.9. The van der Waals surface area contributed by atoms with E-state index in [2.05, 4.69) is 0 Å². The van der Waals surface area contributed by atoms with Crippen LogP contribution in [0.1, 0.15) is 5.56 Å². The van der Waals surface area contributed by atoms with Crippen molar-refractivity contribution < 1.29 is 27.8 Å². The maximum atomic E-state index is 12.8. The molecule has 0 bridgehead atoms. The van der Waals surface area contributed by atoms with Crippen LogP contribution in [-0.2, 0) is 4.79 Å². The molecule has 1 aliphatic rings. The maximum Gasteiger partial charge on any atom is 0.430 e. The summed E-state index contributed by atoms with van der Waals surface area (Å²) >= 11 is 7.68. The summed E-state index contributed by atoms with van der Waals surface area (Å²) in [5.74, 6) is -1.72. The summed E-state index contributed by atoms with van der Waals surface area (Å²) in [6, 6.07) is 2.71. The standard InChI is InChI=1S/C11H5ClF3IO3/c12-6-2-4-1-5(10(17)18)9(11(13,14)15)19-8(4)3-7(6)16/h1-3,9H,(H,17,18)/t9-/m0/s1. The number of hydrogen-bond acceptors (Lipinski definition) is 2. The van der Waals surface area contributed by atoms with Gasteiger partial charge in [-0.25, -0.2) is 4.79 Å². The Labute approximate surface area is 124 Å². The van der Waals surface area contributed by atoms with E-state index in [9.17, 15) is 18.0 Å². The number of carboxylic acid groups (broad SMARTS) is 1. The second-order valence-electron chi connectivity index (χ2n) is 3.75. The number of ether oxygens (including phenoxy) is 1. The van der Waals surface area contributed by atoms with Gasteiger partial charge in [-0.3, -0.25) is 0 Å². The van der Waals surface area contributed by atoms with Crippen molar-refractivity contribution in [2.45, 2.75) is 12.3 Å². The van der Waals surface area contributed by atoms with Gasteiger partial charge in [0.25, 0.3) is 0 Å². The predicted molar refractivity (Wildman–Crippen MR) is 70.3 cm³/mol. The Morgan fingerprint density at radius 2 is 2.05 bits per heavy atom. The molecule has 1 aliphatic heterocycles. The number of carboxylic acids is 1. The van der Waals surface area contributed by atoms with Gasteiger partial charge in [0.15, 0.2) is 0 Å². The fraction of sp³-hybridized carbons (Fsp3) is 0.182. The molecule has 3 nitrogen and oxygen atoms in total. The first-order chi connectivity index (χ1) is 8.70. The first-order valence-corrected chi connectivity index (χ1v) is 6.33. The summed E-state index contributed by atoms with van der Waals surface area (Å²) in [4.78, 5) is 10.9. The van der Waals surface area contributed by atoms with Crippen molar-refractivity contribution in [3.05, 3.63) is 31.9 Å². The zero-order valence-electron chi connectivity index (χ0n) is 8.96. The fourth-order valence-corrected chi connectivity index (χ4v) is 2.22. The highest BCUT2D eigenvalue weighted by molar-refractivity contribution is 14.1. The Morgan fingerprint density at radius 1 is 1.42 bits per heavy atom. The summed E-state index contributed by atoms with van der Waals surface area (Å²) in [6.45, 7) is 0. The van der Waals surface area contributed by atoms with Gasteiger partial charge in [0.05, 0.1) is 10.6 Å². The molecule has 8 heteroatoms. The Balaban J connectivity index is 2.57. The molecule has 0 radical (unpaired) electrons. The lowest BCUT2D eigenvalue weighted by molar-refractivity contribution is -0.187. The molecule has 0 unspecified atom stereocenters. The van der Waals surface area contributed by atoms with Crippen LogP contribution in [0.25, 0.3) is 6.08 Å². The van der Waals surface area contributed by atoms with E-state index in [1.54, 1.807) is 0 Å². The van der Waals surface area contributed by atoms with Gasteiger partial charge < -0.3 is 9.84 Å². The monoisotopic (exact) mass is 404 g/mol. The number of aliphatic carboxylic acids is 1. The molecule has 0 fully saturated rings. The molecule has 1 aromatic rings. The minimum absolute atomic E-state index is 0.0406. The van der Waals surface area contributed by atoms with Gasteiger partial charge in [-0.05, 0) is 40.8 Å². The number of carbonyl (C=O) groups is 1. The first-order valence-electron chi connectivity index (χ1n) is 4.87. The molecule has 1 aromatic carbocycles. The largest absolute Gasteiger partial charge is 0.478 e. The molecule has 1 N–H and O–H groups in total. The third-order valence-electron chi connectivity index (χ3n) is 2.44. The third kappa shape index (κ3) is 2.81. The van der Waals surface area contributed by atoms with Crippen molar-refractivity contribution in [3.8, 4) is 5.75 Å². The number of fused-ring (bicyclic) bond motifs is 1. The molecule has 1 atom stereocenters. The average Bonchev–Trinajstić information content (AvgIpc) is 2.27. The van der Waals surface area contributed by atoms with Crippen LogP contribution in [0.4, 0.5) is 13.2 Å². The van der Waals surface area contributed by atoms with Gasteiger partial charge in [-0.15, -0.1) is 0 Å². The predicted octanol–water partition coefficient (Wildman–Crippen LogP) is 3.74. The average molecular weight is 405 g/mol. The van der Waals surface area contributed by atoms with Gasteiger partial charge in [0.2, 0.25) is 6.10 Å². The zero-order chi connectivity index (χ0) is 14.4. The normalized spacial score (nSPS) is 18.4. The Kier molecular flexibility index (Phi) is 3.69. The van der Waals surface area contributed by atoms with Gasteiger partial charge in [0, 0.05) is 9.13 Å². The quantitative estimate of drug-likeness (QED) is 0.726. The third-order valence-corrected chi connectivity index (χ3v) is 3.96. The number of rotatable bonds is 1. The molecular weight excluding hydrogens is 399 g/mol. The molecule has 0 aromatic heterocycles. The second kappa shape index (κ2) is 4.86. The van der Waals surface area contributed by atoms with Crippen LogP contribution in [0.2, 0.25) is 5.02 Å². The van der Waals surface area contributed by atoms with E-state index in [1.165, 1.54) is 12.1 Å². The van der Waals surface area contributed by atoms with Crippen LogP contribution >= 0.6 is 34.2 Å². The van der Waals surface area contributed by atoms with E-state index in [-0.39, 0.29) is 11.3 Å². The fourth-order valence-electron chi connectivity index (χ4n) is 1.61. The molecule has 2 rings (SSSR count). The Morgan fingerprint density at radius 3 is 2.58 bits per heavy atom. The van der Waals surface area contributed by atoms with Gasteiger partial charge in [0.1, 0.15) is 5.75 Å². The first kappa shape index (κ1) is 14.4. The lowest BCUT2D eigenvalue weighted by Gasteiger charge is -2.27. The van der Waals surface area contributed by atoms with E-state index in [1.807, 2.05) is 22.6 Å². The van der Waals surface area contributed by atoms with E-state index < -0.39 is 23.8 Å². The van der Waals surface area contributed by atoms with Crippen molar-refractivity contribution in [1.29, 1.82) is 0 Å². The Bertz CT molecular complexity index is 583. The minimum Gasteiger partial charge on any atom is -0.478 e. The molecule has 0 amide bonds. The van der Waals surface area contributed by atoms with Gasteiger partial charge in [-0.2, -0.15) is 13.2 Å². The molecule has 1 heterocycles. The maximum absolute atomic E-state index is 12.8. The Hall–Kier alpha value is -0.960. The van der Waals surface area contributed by atoms with Crippen molar-refractivity contribution in [2.24, 2.45) is 0 Å². The van der Waals surface area contributed by atoms with E-state index in [0.29, 0.717) is 8.59 Å². The molecule has 19 heavy (non-hydrogen) atoms. The number of alkyl halides is 3. The highest BCUT2D eigenvalue weighted by Gasteiger charge is 2.48. The summed E-state index contributed by atoms with van der Waals surface area (Å²) in [6.07, 6.45) is -6.34. The molecule has 102 valence electrons. The van der Waals surface area contributed by atoms with Crippen LogP contribution < -0.4 is 4.74 Å². The topological polar surface area (TPSA) is 46.5 Å². The summed E-state index contributed by atoms with van der Waals surface area (Å²) in [7, 11) is 0. The number of hydrogen-bond donors (Lipinski definition) is 1. The van der Waals surface area contributed by atoms with Crippen LogP contribution in [0, 0.1) is 3.57 Å².